The summed E-state index contributed by atoms with van der Waals surface area (Å²) in [5.74, 6) is 2.14. The summed E-state index contributed by atoms with van der Waals surface area (Å²) in [6.45, 7) is 4.25. The van der Waals surface area contributed by atoms with E-state index >= 15 is 0 Å². The molecular weight excluding hydrogens is 95.5 g/mol. The third-order valence-corrected chi connectivity index (χ3v) is 2.21. The van der Waals surface area contributed by atoms with Crippen LogP contribution in [0.25, 0.3) is 0 Å². The maximum Gasteiger partial charge on any atom is 0.0430 e. The molecule has 1 saturated carbocycles. The first-order chi connectivity index (χ1) is 2.73. The second kappa shape index (κ2) is 1.13. The van der Waals surface area contributed by atoms with Crippen LogP contribution in [0.5, 0.6) is 0 Å². The molecule has 1 fully saturated rings. The van der Waals surface area contributed by atoms with E-state index in [1.54, 1.807) is 0 Å². The van der Waals surface area contributed by atoms with Crippen LogP contribution in [0.2, 0.25) is 0 Å². The molecule has 0 aromatic heterocycles. The topological polar surface area (TPSA) is 0 Å². The van der Waals surface area contributed by atoms with Gasteiger partial charge in [0.15, 0.2) is 0 Å². The summed E-state index contributed by atoms with van der Waals surface area (Å²) in [5.41, 5.74) is 0. The van der Waals surface area contributed by atoms with Gasteiger partial charge in [-0.3, -0.25) is 0 Å². The first kappa shape index (κ1) is 4.45. The molecule has 0 aromatic carbocycles. The Morgan fingerprint density at radius 1 is 1.67 bits per heavy atom. The minimum absolute atomic E-state index is 0.407. The Morgan fingerprint density at radius 2 is 1.83 bits per heavy atom. The average molecular weight is 104 g/mol. The van der Waals surface area contributed by atoms with Gasteiger partial charge < -0.3 is 0 Å². The quantitative estimate of drug-likeness (QED) is 0.411. The van der Waals surface area contributed by atoms with Gasteiger partial charge in [-0.2, -0.15) is 0 Å². The number of alkyl halides is 1. The molecule has 0 nitrogen and oxygen atoms in total. The largest absolute Gasteiger partial charge is 0.122 e. The van der Waals surface area contributed by atoms with Crippen molar-refractivity contribution in [2.75, 3.05) is 0 Å². The van der Waals surface area contributed by atoms with Crippen LogP contribution >= 0.6 is 11.6 Å². The van der Waals surface area contributed by atoms with Gasteiger partial charge >= 0.3 is 0 Å². The molecule has 0 N–H and O–H groups in total. The van der Waals surface area contributed by atoms with Crippen molar-refractivity contribution in [3.05, 3.63) is 5.92 Å². The van der Waals surface area contributed by atoms with Gasteiger partial charge in [0.1, 0.15) is 0 Å². The van der Waals surface area contributed by atoms with Crippen LogP contribution in [-0.4, -0.2) is 5.38 Å². The van der Waals surface area contributed by atoms with E-state index in [2.05, 4.69) is 13.8 Å². The van der Waals surface area contributed by atoms with E-state index in [0.717, 1.165) is 0 Å². The summed E-state index contributed by atoms with van der Waals surface area (Å²) in [5, 5.41) is 0.407. The Hall–Kier alpha value is 0.290. The van der Waals surface area contributed by atoms with Crippen LogP contribution in [-0.2, 0) is 0 Å². The van der Waals surface area contributed by atoms with Gasteiger partial charge in [0, 0.05) is 5.38 Å². The Kier molecular flexibility index (Phi) is 0.836. The van der Waals surface area contributed by atoms with E-state index in [1.165, 1.54) is 5.92 Å². The maximum absolute atomic E-state index is 5.65. The molecule has 1 heteroatoms. The zero-order chi connectivity index (χ0) is 4.73. The number of rotatable bonds is 0. The summed E-state index contributed by atoms with van der Waals surface area (Å²) in [7, 11) is 0. The lowest BCUT2D eigenvalue weighted by Crippen LogP contribution is -1.61. The van der Waals surface area contributed by atoms with Crippen molar-refractivity contribution in [2.45, 2.75) is 19.2 Å². The van der Waals surface area contributed by atoms with Crippen molar-refractivity contribution < 1.29 is 0 Å². The first-order valence-corrected chi connectivity index (χ1v) is 2.64. The summed E-state index contributed by atoms with van der Waals surface area (Å²) < 4.78 is 0. The van der Waals surface area contributed by atoms with E-state index in [4.69, 9.17) is 11.6 Å². The fourth-order valence-corrected chi connectivity index (χ4v) is 0.833. The normalized spacial score (nSPS) is 46.5. The molecule has 0 aromatic rings. The van der Waals surface area contributed by atoms with Gasteiger partial charge in [-0.05, 0) is 11.8 Å². The van der Waals surface area contributed by atoms with Crippen molar-refractivity contribution in [3.8, 4) is 0 Å². The third-order valence-electron chi connectivity index (χ3n) is 1.48. The van der Waals surface area contributed by atoms with Gasteiger partial charge in [-0.25, -0.2) is 0 Å². The van der Waals surface area contributed by atoms with Gasteiger partial charge in [-0.15, -0.1) is 11.6 Å². The lowest BCUT2D eigenvalue weighted by molar-refractivity contribution is 0.991. The van der Waals surface area contributed by atoms with Gasteiger partial charge in [0.05, 0.1) is 0 Å². The van der Waals surface area contributed by atoms with Crippen LogP contribution < -0.4 is 0 Å². The van der Waals surface area contributed by atoms with Gasteiger partial charge in [-0.1, -0.05) is 13.8 Å². The van der Waals surface area contributed by atoms with Crippen molar-refractivity contribution in [1.29, 1.82) is 0 Å². The molecule has 1 rings (SSSR count). The molecule has 2 atom stereocenters. The number of hydrogen-bond acceptors (Lipinski definition) is 0. The average Bonchev–Trinajstić information content (AvgIpc) is 1.94. The van der Waals surface area contributed by atoms with Crippen molar-refractivity contribution >= 4 is 11.6 Å². The molecule has 6 heavy (non-hydrogen) atoms. The predicted molar refractivity (Wildman–Crippen MR) is 27.7 cm³/mol. The Morgan fingerprint density at radius 3 is 1.83 bits per heavy atom. The lowest BCUT2D eigenvalue weighted by Gasteiger charge is -1.64. The highest BCUT2D eigenvalue weighted by Gasteiger charge is 2.41. The van der Waals surface area contributed by atoms with E-state index in [1.807, 2.05) is 0 Å². The van der Waals surface area contributed by atoms with E-state index < -0.39 is 0 Å². The Labute approximate surface area is 43.5 Å². The fraction of sp³-hybridized carbons (Fsp3) is 0.800. The van der Waals surface area contributed by atoms with E-state index in [9.17, 15) is 0 Å². The number of halogens is 1. The molecule has 35 valence electrons. The molecule has 2 unspecified atom stereocenters. The van der Waals surface area contributed by atoms with Crippen molar-refractivity contribution in [2.24, 2.45) is 5.92 Å². The highest BCUT2D eigenvalue weighted by molar-refractivity contribution is 6.24. The molecule has 0 bridgehead atoms. The van der Waals surface area contributed by atoms with Crippen LogP contribution in [0.3, 0.4) is 0 Å². The highest BCUT2D eigenvalue weighted by Crippen LogP contribution is 2.44. The minimum Gasteiger partial charge on any atom is -0.122 e. The molecular formula is C5H8Cl. The molecule has 0 aliphatic heterocycles. The third kappa shape index (κ3) is 0.439. The SMILES string of the molecule is C[C]1C(C)C1Cl. The summed E-state index contributed by atoms with van der Waals surface area (Å²) in [6.07, 6.45) is 0. The highest BCUT2D eigenvalue weighted by atomic mass is 35.5. The summed E-state index contributed by atoms with van der Waals surface area (Å²) >= 11 is 5.65. The molecule has 0 spiro atoms. The predicted octanol–water partition coefficient (Wildman–Crippen LogP) is 1.84. The first-order valence-electron chi connectivity index (χ1n) is 2.21. The fourth-order valence-electron chi connectivity index (χ4n) is 0.509. The molecule has 0 saturated heterocycles. The Balaban J connectivity index is 2.31. The maximum atomic E-state index is 5.65. The van der Waals surface area contributed by atoms with E-state index in [0.29, 0.717) is 11.3 Å². The monoisotopic (exact) mass is 103 g/mol. The summed E-state index contributed by atoms with van der Waals surface area (Å²) in [4.78, 5) is 0. The number of hydrogen-bond donors (Lipinski definition) is 0. The zero-order valence-electron chi connectivity index (χ0n) is 4.03. The Bertz CT molecular complexity index is 40.7. The molecule has 1 aliphatic rings. The van der Waals surface area contributed by atoms with Crippen molar-refractivity contribution in [1.82, 2.24) is 0 Å². The zero-order valence-corrected chi connectivity index (χ0v) is 4.79. The molecule has 0 amide bonds. The second-order valence-electron chi connectivity index (χ2n) is 1.93. The molecule has 1 aliphatic carbocycles. The second-order valence-corrected chi connectivity index (χ2v) is 2.40. The molecule has 0 heterocycles. The summed E-state index contributed by atoms with van der Waals surface area (Å²) in [6, 6.07) is 0. The van der Waals surface area contributed by atoms with Gasteiger partial charge in [0.25, 0.3) is 0 Å². The van der Waals surface area contributed by atoms with Crippen LogP contribution in [0.4, 0.5) is 0 Å². The standard InChI is InChI=1S/C5H8Cl/c1-3-4(2)5(3)6/h3,5H,1-2H3. The minimum atomic E-state index is 0.407. The van der Waals surface area contributed by atoms with Crippen LogP contribution in [0, 0.1) is 11.8 Å². The van der Waals surface area contributed by atoms with E-state index in [-0.39, 0.29) is 0 Å². The van der Waals surface area contributed by atoms with Crippen LogP contribution in [0.1, 0.15) is 13.8 Å². The smallest absolute Gasteiger partial charge is 0.0430 e. The lowest BCUT2D eigenvalue weighted by atomic mass is 10.4. The van der Waals surface area contributed by atoms with Gasteiger partial charge in [0.2, 0.25) is 0 Å². The molecule has 1 radical (unpaired) electrons. The van der Waals surface area contributed by atoms with Crippen LogP contribution in [0.15, 0.2) is 0 Å². The van der Waals surface area contributed by atoms with Crippen molar-refractivity contribution in [3.63, 3.8) is 0 Å².